The molecular weight excluding hydrogens is 489 g/mol. The molecule has 0 amide bonds. The molecule has 1 aliphatic rings. The van der Waals surface area contributed by atoms with Crippen LogP contribution in [0.15, 0.2) is 81.9 Å². The number of ether oxygens (including phenoxy) is 2. The van der Waals surface area contributed by atoms with Crippen LogP contribution in [0.5, 0.6) is 5.75 Å². The van der Waals surface area contributed by atoms with Crippen molar-refractivity contribution in [3.63, 3.8) is 0 Å². The van der Waals surface area contributed by atoms with E-state index in [2.05, 4.69) is 20.9 Å². The van der Waals surface area contributed by atoms with Gasteiger partial charge in [0.05, 0.1) is 10.6 Å². The van der Waals surface area contributed by atoms with Crippen molar-refractivity contribution in [1.29, 1.82) is 0 Å². The third kappa shape index (κ3) is 4.93. The van der Waals surface area contributed by atoms with Crippen LogP contribution in [0.3, 0.4) is 0 Å². The molecule has 1 aliphatic heterocycles. The Kier molecular flexibility index (Phi) is 6.23. The number of rotatable bonds is 5. The molecule has 30 heavy (non-hydrogen) atoms. The van der Waals surface area contributed by atoms with Crippen LogP contribution in [-0.2, 0) is 16.1 Å². The Hall–Kier alpha value is -2.60. The number of nitrogens with zero attached hydrogens (tertiary/aromatic N) is 1. The summed E-state index contributed by atoms with van der Waals surface area (Å²) in [6, 6.07) is 20.2. The predicted octanol–water partition coefficient (Wildman–Crippen LogP) is 6.68. The van der Waals surface area contributed by atoms with Crippen LogP contribution in [0.2, 0.25) is 10.0 Å². The highest BCUT2D eigenvalue weighted by atomic mass is 79.9. The summed E-state index contributed by atoms with van der Waals surface area (Å²) >= 11 is 15.5. The van der Waals surface area contributed by atoms with Crippen molar-refractivity contribution in [3.05, 3.63) is 104 Å². The Bertz CT molecular complexity index is 1170. The van der Waals surface area contributed by atoms with Gasteiger partial charge < -0.3 is 9.47 Å². The molecule has 0 saturated carbocycles. The molecule has 0 aliphatic carbocycles. The number of benzene rings is 3. The fourth-order valence-corrected chi connectivity index (χ4v) is 3.54. The Morgan fingerprint density at radius 2 is 1.83 bits per heavy atom. The molecule has 1 heterocycles. The predicted molar refractivity (Wildman–Crippen MR) is 122 cm³/mol. The van der Waals surface area contributed by atoms with E-state index >= 15 is 0 Å². The van der Waals surface area contributed by atoms with E-state index in [4.69, 9.17) is 32.7 Å². The van der Waals surface area contributed by atoms with Gasteiger partial charge in [0.15, 0.2) is 5.70 Å². The Morgan fingerprint density at radius 3 is 2.60 bits per heavy atom. The number of aliphatic imine (C=N–C) groups is 1. The maximum absolute atomic E-state index is 12.3. The number of esters is 1. The van der Waals surface area contributed by atoms with Crippen molar-refractivity contribution in [2.24, 2.45) is 4.99 Å². The number of halogens is 3. The number of hydrogen-bond acceptors (Lipinski definition) is 4. The zero-order chi connectivity index (χ0) is 21.1. The van der Waals surface area contributed by atoms with Crippen molar-refractivity contribution in [2.75, 3.05) is 0 Å². The van der Waals surface area contributed by atoms with Crippen molar-refractivity contribution in [3.8, 4) is 5.75 Å². The summed E-state index contributed by atoms with van der Waals surface area (Å²) in [4.78, 5) is 16.5. The summed E-state index contributed by atoms with van der Waals surface area (Å²) in [7, 11) is 0. The molecule has 0 spiro atoms. The van der Waals surface area contributed by atoms with Gasteiger partial charge in [-0.1, -0.05) is 63.4 Å². The molecule has 150 valence electrons. The molecule has 0 aromatic heterocycles. The molecule has 0 atom stereocenters. The third-order valence-corrected chi connectivity index (χ3v) is 5.34. The van der Waals surface area contributed by atoms with Crippen molar-refractivity contribution < 1.29 is 14.3 Å². The van der Waals surface area contributed by atoms with Crippen LogP contribution >= 0.6 is 39.1 Å². The first-order valence-electron chi connectivity index (χ1n) is 8.93. The molecule has 7 heteroatoms. The maximum Gasteiger partial charge on any atom is 0.363 e. The van der Waals surface area contributed by atoms with E-state index in [1.807, 2.05) is 48.5 Å². The minimum absolute atomic E-state index is 0.149. The van der Waals surface area contributed by atoms with Crippen LogP contribution in [0.1, 0.15) is 16.7 Å². The van der Waals surface area contributed by atoms with E-state index in [9.17, 15) is 4.79 Å². The highest BCUT2D eigenvalue weighted by molar-refractivity contribution is 9.10. The van der Waals surface area contributed by atoms with Crippen LogP contribution < -0.4 is 4.74 Å². The fourth-order valence-electron chi connectivity index (χ4n) is 2.79. The summed E-state index contributed by atoms with van der Waals surface area (Å²) in [5, 5.41) is 0.850. The summed E-state index contributed by atoms with van der Waals surface area (Å²) in [5.74, 6) is 0.288. The van der Waals surface area contributed by atoms with Crippen molar-refractivity contribution in [2.45, 2.75) is 6.61 Å². The second-order valence-electron chi connectivity index (χ2n) is 6.45. The molecule has 4 nitrogen and oxygen atoms in total. The monoisotopic (exact) mass is 501 g/mol. The van der Waals surface area contributed by atoms with Gasteiger partial charge in [0.1, 0.15) is 12.4 Å². The number of carbonyl (C=O) groups is 1. The van der Waals surface area contributed by atoms with E-state index in [0.29, 0.717) is 28.0 Å². The zero-order valence-corrected chi connectivity index (χ0v) is 18.5. The van der Waals surface area contributed by atoms with Crippen molar-refractivity contribution in [1.82, 2.24) is 0 Å². The van der Waals surface area contributed by atoms with Crippen LogP contribution in [0, 0.1) is 0 Å². The first-order valence-corrected chi connectivity index (χ1v) is 10.5. The third-order valence-electron chi connectivity index (χ3n) is 4.26. The van der Waals surface area contributed by atoms with Crippen molar-refractivity contribution >= 4 is 57.1 Å². The lowest BCUT2D eigenvalue weighted by atomic mass is 10.2. The molecule has 0 saturated heterocycles. The Morgan fingerprint density at radius 1 is 1.03 bits per heavy atom. The molecule has 0 N–H and O–H groups in total. The topological polar surface area (TPSA) is 47.9 Å². The lowest BCUT2D eigenvalue weighted by Crippen LogP contribution is -2.05. The highest BCUT2D eigenvalue weighted by Gasteiger charge is 2.25. The maximum atomic E-state index is 12.3. The standard InChI is InChI=1S/C23H14BrCl2NO3/c24-16-6-4-14(5-7-16)13-29-18-3-1-2-15(10-18)11-21-23(28)30-22(27-21)19-9-8-17(25)12-20(19)26/h1-12H,13H2/b21-11-. The zero-order valence-electron chi connectivity index (χ0n) is 15.4. The summed E-state index contributed by atoms with van der Waals surface area (Å²) < 4.78 is 12.1. The number of carbonyl (C=O) groups excluding carboxylic acids is 1. The first-order chi connectivity index (χ1) is 14.5. The molecule has 3 aromatic rings. The van der Waals surface area contributed by atoms with Gasteiger partial charge in [-0.25, -0.2) is 9.79 Å². The Balaban J connectivity index is 1.52. The molecule has 0 fully saturated rings. The lowest BCUT2D eigenvalue weighted by molar-refractivity contribution is -0.129. The lowest BCUT2D eigenvalue weighted by Gasteiger charge is -2.07. The van der Waals surface area contributed by atoms with Gasteiger partial charge in [-0.05, 0) is 59.7 Å². The summed E-state index contributed by atoms with van der Waals surface area (Å²) in [5.41, 5.74) is 2.50. The molecular formula is C23H14BrCl2NO3. The van der Waals surface area contributed by atoms with Crippen LogP contribution in [0.4, 0.5) is 0 Å². The van der Waals surface area contributed by atoms with E-state index in [-0.39, 0.29) is 11.6 Å². The van der Waals surface area contributed by atoms with E-state index in [0.717, 1.165) is 15.6 Å². The molecule has 4 rings (SSSR count). The molecule has 0 radical (unpaired) electrons. The second-order valence-corrected chi connectivity index (χ2v) is 8.21. The van der Waals surface area contributed by atoms with Gasteiger partial charge >= 0.3 is 5.97 Å². The van der Waals surface area contributed by atoms with Crippen LogP contribution in [0.25, 0.3) is 6.08 Å². The quantitative estimate of drug-likeness (QED) is 0.289. The first kappa shape index (κ1) is 20.7. The highest BCUT2D eigenvalue weighted by Crippen LogP contribution is 2.27. The SMILES string of the molecule is O=C1OC(c2ccc(Cl)cc2Cl)=N/C1=C\c1cccc(OCc2ccc(Br)cc2)c1. The fraction of sp³-hybridized carbons (Fsp3) is 0.0435. The minimum atomic E-state index is -0.544. The van der Waals surface area contributed by atoms with Gasteiger partial charge in [-0.15, -0.1) is 0 Å². The smallest absolute Gasteiger partial charge is 0.363 e. The molecule has 0 bridgehead atoms. The van der Waals surface area contributed by atoms with Gasteiger partial charge in [0, 0.05) is 9.50 Å². The van der Waals surface area contributed by atoms with E-state index in [1.54, 1.807) is 24.3 Å². The van der Waals surface area contributed by atoms with E-state index < -0.39 is 5.97 Å². The summed E-state index contributed by atoms with van der Waals surface area (Å²) in [6.07, 6.45) is 1.64. The molecule has 3 aromatic carbocycles. The normalized spacial score (nSPS) is 14.6. The Labute approximate surface area is 191 Å². The average Bonchev–Trinajstić information content (AvgIpc) is 3.08. The van der Waals surface area contributed by atoms with Gasteiger partial charge in [0.25, 0.3) is 0 Å². The molecule has 0 unspecified atom stereocenters. The van der Waals surface area contributed by atoms with E-state index in [1.165, 1.54) is 0 Å². The largest absolute Gasteiger partial charge is 0.489 e. The van der Waals surface area contributed by atoms with Gasteiger partial charge in [-0.3, -0.25) is 0 Å². The summed E-state index contributed by atoms with van der Waals surface area (Å²) in [6.45, 7) is 0.437. The average molecular weight is 503 g/mol. The second kappa shape index (κ2) is 9.04. The van der Waals surface area contributed by atoms with Crippen LogP contribution in [-0.4, -0.2) is 11.9 Å². The number of cyclic esters (lactones) is 1. The van der Waals surface area contributed by atoms with Gasteiger partial charge in [0.2, 0.25) is 5.90 Å². The number of hydrogen-bond donors (Lipinski definition) is 0. The van der Waals surface area contributed by atoms with Gasteiger partial charge in [-0.2, -0.15) is 0 Å². The minimum Gasteiger partial charge on any atom is -0.489 e.